The van der Waals surface area contributed by atoms with Crippen LogP contribution in [0.2, 0.25) is 0 Å². The molecule has 4 aliphatic carbocycles. The van der Waals surface area contributed by atoms with E-state index in [1.165, 1.54) is 0 Å². The third-order valence-corrected chi connectivity index (χ3v) is 10.0. The molecule has 4 fully saturated rings. The van der Waals surface area contributed by atoms with E-state index in [1.54, 1.807) is 0 Å². The summed E-state index contributed by atoms with van der Waals surface area (Å²) < 4.78 is 5.09. The number of hydrogen-bond donors (Lipinski definition) is 0. The third-order valence-electron chi connectivity index (χ3n) is 10.0. The van der Waals surface area contributed by atoms with Crippen LogP contribution in [0, 0.1) is 46.3 Å². The van der Waals surface area contributed by atoms with Crippen molar-refractivity contribution in [3.8, 4) is 0 Å². The summed E-state index contributed by atoms with van der Waals surface area (Å²) >= 11 is 0. The van der Waals surface area contributed by atoms with Crippen molar-refractivity contribution in [1.29, 1.82) is 0 Å². The number of Topliss-reactive ketones (excluding diaryl/α,β-unsaturated/α-hetero) is 3. The van der Waals surface area contributed by atoms with Crippen molar-refractivity contribution < 1.29 is 23.9 Å². The standard InChI is InChI=1S/C26H38O5/c1-5-31-23(30)9-6-15(2)18-7-8-19-24-20(14-22(29)26(18,19)4)25(3)11-10-17(27)12-16(25)13-21(24)28/h15-16,18-20,24H,5-14H2,1-4H3/t15-,16-,18+,19+,20+,24-,25-,26+/m0/s1. The molecule has 0 heterocycles. The number of hydrogen-bond acceptors (Lipinski definition) is 5. The Labute approximate surface area is 186 Å². The Bertz CT molecular complexity index is 787. The Hall–Kier alpha value is -1.52. The van der Waals surface area contributed by atoms with Gasteiger partial charge < -0.3 is 4.74 Å². The molecule has 5 heteroatoms. The molecule has 0 aromatic carbocycles. The zero-order chi connectivity index (χ0) is 22.6. The highest BCUT2D eigenvalue weighted by atomic mass is 16.5. The minimum atomic E-state index is -0.474. The monoisotopic (exact) mass is 430 g/mol. The molecule has 0 aromatic heterocycles. The molecule has 31 heavy (non-hydrogen) atoms. The van der Waals surface area contributed by atoms with E-state index in [9.17, 15) is 19.2 Å². The fourth-order valence-electron chi connectivity index (χ4n) is 8.17. The summed E-state index contributed by atoms with van der Waals surface area (Å²) in [6.45, 7) is 8.73. The van der Waals surface area contributed by atoms with Gasteiger partial charge in [-0.25, -0.2) is 0 Å². The van der Waals surface area contributed by atoms with Gasteiger partial charge in [-0.1, -0.05) is 20.8 Å². The molecule has 0 radical (unpaired) electrons. The molecule has 0 aliphatic heterocycles. The number of ketones is 3. The molecule has 0 bridgehead atoms. The van der Waals surface area contributed by atoms with Crippen molar-refractivity contribution in [3.63, 3.8) is 0 Å². The van der Waals surface area contributed by atoms with Crippen LogP contribution < -0.4 is 0 Å². The molecule has 4 aliphatic rings. The van der Waals surface area contributed by atoms with Gasteiger partial charge in [0.25, 0.3) is 0 Å². The first kappa shape index (κ1) is 22.7. The minimum absolute atomic E-state index is 0.0422. The average Bonchev–Trinajstić information content (AvgIpc) is 3.07. The first-order chi connectivity index (χ1) is 14.6. The first-order valence-electron chi connectivity index (χ1n) is 12.4. The topological polar surface area (TPSA) is 77.5 Å². The predicted molar refractivity (Wildman–Crippen MR) is 116 cm³/mol. The summed E-state index contributed by atoms with van der Waals surface area (Å²) in [4.78, 5) is 51.1. The molecule has 0 aromatic rings. The van der Waals surface area contributed by atoms with Crippen LogP contribution in [0.3, 0.4) is 0 Å². The highest BCUT2D eigenvalue weighted by Crippen LogP contribution is 2.66. The Morgan fingerprint density at radius 3 is 2.55 bits per heavy atom. The van der Waals surface area contributed by atoms with Gasteiger partial charge in [-0.05, 0) is 67.6 Å². The Kier molecular flexibility index (Phi) is 5.93. The number of carbonyl (C=O) groups is 4. The lowest BCUT2D eigenvalue weighted by Crippen LogP contribution is -2.60. The fourth-order valence-corrected chi connectivity index (χ4v) is 8.17. The largest absolute Gasteiger partial charge is 0.466 e. The maximum atomic E-state index is 13.7. The van der Waals surface area contributed by atoms with Crippen LogP contribution in [0.5, 0.6) is 0 Å². The van der Waals surface area contributed by atoms with Crippen molar-refractivity contribution >= 4 is 23.3 Å². The van der Waals surface area contributed by atoms with Gasteiger partial charge in [0.1, 0.15) is 17.3 Å². The van der Waals surface area contributed by atoms with Crippen LogP contribution in [0.4, 0.5) is 0 Å². The summed E-state index contributed by atoms with van der Waals surface area (Å²) in [5, 5.41) is 0. The van der Waals surface area contributed by atoms with Gasteiger partial charge in [0.15, 0.2) is 0 Å². The van der Waals surface area contributed by atoms with Crippen molar-refractivity contribution in [3.05, 3.63) is 0 Å². The molecule has 0 N–H and O–H groups in total. The van der Waals surface area contributed by atoms with Gasteiger partial charge in [-0.3, -0.25) is 19.2 Å². The van der Waals surface area contributed by atoms with Gasteiger partial charge in [-0.2, -0.15) is 0 Å². The predicted octanol–water partition coefficient (Wildman–Crippen LogP) is 4.55. The highest BCUT2D eigenvalue weighted by molar-refractivity contribution is 5.93. The van der Waals surface area contributed by atoms with Crippen LogP contribution in [0.1, 0.15) is 85.5 Å². The molecule has 4 saturated carbocycles. The van der Waals surface area contributed by atoms with Crippen molar-refractivity contribution in [2.75, 3.05) is 6.61 Å². The molecule has 0 unspecified atom stereocenters. The van der Waals surface area contributed by atoms with E-state index in [0.29, 0.717) is 50.3 Å². The van der Waals surface area contributed by atoms with E-state index in [0.717, 1.165) is 25.7 Å². The zero-order valence-electron chi connectivity index (χ0n) is 19.6. The lowest BCUT2D eigenvalue weighted by molar-refractivity contribution is -0.166. The number of carbonyl (C=O) groups excluding carboxylic acids is 4. The van der Waals surface area contributed by atoms with Crippen molar-refractivity contribution in [1.82, 2.24) is 0 Å². The lowest BCUT2D eigenvalue weighted by Gasteiger charge is -2.58. The van der Waals surface area contributed by atoms with E-state index in [4.69, 9.17) is 4.74 Å². The number of ether oxygens (including phenoxy) is 1. The SMILES string of the molecule is CCOC(=O)CC[C@H](C)[C@H]1CC[C@@H]2[C@@H]3C(=O)C[C@@H]4CC(=O)CC[C@]4(C)[C@@H]3CC(=O)[C@@]21C. The molecule has 4 rings (SSSR count). The van der Waals surface area contributed by atoms with Crippen LogP contribution in [-0.4, -0.2) is 29.9 Å². The molecule has 0 spiro atoms. The van der Waals surface area contributed by atoms with Gasteiger partial charge in [0.2, 0.25) is 0 Å². The third kappa shape index (κ3) is 3.51. The van der Waals surface area contributed by atoms with Crippen LogP contribution in [0.15, 0.2) is 0 Å². The summed E-state index contributed by atoms with van der Waals surface area (Å²) in [6, 6.07) is 0. The van der Waals surface area contributed by atoms with Crippen molar-refractivity contribution in [2.45, 2.75) is 85.5 Å². The van der Waals surface area contributed by atoms with Crippen LogP contribution in [0.25, 0.3) is 0 Å². The Balaban J connectivity index is 1.57. The molecular formula is C26H38O5. The fraction of sp³-hybridized carbons (Fsp3) is 0.846. The number of esters is 1. The van der Waals surface area contributed by atoms with E-state index in [1.807, 2.05) is 6.92 Å². The van der Waals surface area contributed by atoms with E-state index >= 15 is 0 Å². The summed E-state index contributed by atoms with van der Waals surface area (Å²) in [7, 11) is 0. The first-order valence-corrected chi connectivity index (χ1v) is 12.4. The van der Waals surface area contributed by atoms with Gasteiger partial charge in [0, 0.05) is 43.4 Å². The van der Waals surface area contributed by atoms with E-state index < -0.39 is 5.41 Å². The second-order valence-corrected chi connectivity index (χ2v) is 11.3. The molecule has 172 valence electrons. The maximum Gasteiger partial charge on any atom is 0.305 e. The van der Waals surface area contributed by atoms with E-state index in [2.05, 4.69) is 20.8 Å². The van der Waals surface area contributed by atoms with E-state index in [-0.39, 0.29) is 52.7 Å². The lowest BCUT2D eigenvalue weighted by atomic mass is 9.44. The Morgan fingerprint density at radius 2 is 1.84 bits per heavy atom. The summed E-state index contributed by atoms with van der Waals surface area (Å²) in [5.41, 5.74) is -0.546. The normalized spacial score (nSPS) is 43.1. The van der Waals surface area contributed by atoms with Gasteiger partial charge in [0.05, 0.1) is 6.61 Å². The summed E-state index contributed by atoms with van der Waals surface area (Å²) in [6.07, 6.45) is 5.89. The molecule has 0 saturated heterocycles. The average molecular weight is 431 g/mol. The molecule has 8 atom stereocenters. The van der Waals surface area contributed by atoms with Gasteiger partial charge in [-0.15, -0.1) is 0 Å². The summed E-state index contributed by atoms with van der Waals surface area (Å²) in [5.74, 6) is 1.44. The highest BCUT2D eigenvalue weighted by Gasteiger charge is 2.66. The van der Waals surface area contributed by atoms with Gasteiger partial charge >= 0.3 is 5.97 Å². The van der Waals surface area contributed by atoms with Crippen molar-refractivity contribution in [2.24, 2.45) is 46.3 Å². The Morgan fingerprint density at radius 1 is 1.10 bits per heavy atom. The van der Waals surface area contributed by atoms with Crippen LogP contribution >= 0.6 is 0 Å². The molecule has 5 nitrogen and oxygen atoms in total. The number of fused-ring (bicyclic) bond motifs is 5. The number of rotatable bonds is 5. The minimum Gasteiger partial charge on any atom is -0.466 e. The molecular weight excluding hydrogens is 392 g/mol. The second kappa shape index (κ2) is 8.12. The molecule has 0 amide bonds. The maximum absolute atomic E-state index is 13.7. The smallest absolute Gasteiger partial charge is 0.305 e. The zero-order valence-corrected chi connectivity index (χ0v) is 19.6. The second-order valence-electron chi connectivity index (χ2n) is 11.3. The van der Waals surface area contributed by atoms with Crippen LogP contribution in [-0.2, 0) is 23.9 Å². The quantitative estimate of drug-likeness (QED) is 0.598.